The fraction of sp³-hybridized carbons (Fsp3) is 0.333. The Morgan fingerprint density at radius 2 is 1.95 bits per heavy atom. The summed E-state index contributed by atoms with van der Waals surface area (Å²) in [6.45, 7) is 3.99. The molecule has 1 aliphatic rings. The van der Waals surface area contributed by atoms with Gasteiger partial charge in [0.25, 0.3) is 0 Å². The van der Waals surface area contributed by atoms with Crippen LogP contribution in [0, 0.1) is 0 Å². The summed E-state index contributed by atoms with van der Waals surface area (Å²) < 4.78 is 0. The minimum absolute atomic E-state index is 0.362. The summed E-state index contributed by atoms with van der Waals surface area (Å²) in [7, 11) is 0. The fourth-order valence-corrected chi connectivity index (χ4v) is 3.01. The molecule has 22 heavy (non-hydrogen) atoms. The molecule has 3 N–H and O–H groups in total. The maximum atomic E-state index is 6.14. The topological polar surface area (TPSA) is 67.6 Å². The highest BCUT2D eigenvalue weighted by atomic mass is 15.1. The second-order valence-electron chi connectivity index (χ2n) is 6.79. The van der Waals surface area contributed by atoms with Crippen molar-refractivity contribution in [2.24, 2.45) is 5.73 Å². The van der Waals surface area contributed by atoms with Gasteiger partial charge in [-0.3, -0.25) is 10.1 Å². The van der Waals surface area contributed by atoms with Crippen molar-refractivity contribution >= 4 is 10.9 Å². The second-order valence-corrected chi connectivity index (χ2v) is 6.79. The number of rotatable bonds is 3. The van der Waals surface area contributed by atoms with Gasteiger partial charge in [0, 0.05) is 22.7 Å². The second kappa shape index (κ2) is 4.65. The van der Waals surface area contributed by atoms with Crippen molar-refractivity contribution in [1.29, 1.82) is 0 Å². The van der Waals surface area contributed by atoms with Gasteiger partial charge in [-0.2, -0.15) is 5.10 Å². The van der Waals surface area contributed by atoms with E-state index in [0.29, 0.717) is 5.92 Å². The van der Waals surface area contributed by atoms with Crippen molar-refractivity contribution in [2.75, 3.05) is 0 Å². The van der Waals surface area contributed by atoms with E-state index in [0.717, 1.165) is 16.8 Å². The van der Waals surface area contributed by atoms with Crippen LogP contribution in [-0.4, -0.2) is 15.2 Å². The van der Waals surface area contributed by atoms with Crippen LogP contribution in [0.25, 0.3) is 22.2 Å². The summed E-state index contributed by atoms with van der Waals surface area (Å²) in [5.74, 6) is 0.642. The molecule has 4 nitrogen and oxygen atoms in total. The fourth-order valence-electron chi connectivity index (χ4n) is 3.01. The summed E-state index contributed by atoms with van der Waals surface area (Å²) in [5.41, 5.74) is 11.6. The first-order chi connectivity index (χ1) is 10.5. The summed E-state index contributed by atoms with van der Waals surface area (Å²) in [5, 5.41) is 8.48. The van der Waals surface area contributed by atoms with Crippen molar-refractivity contribution in [1.82, 2.24) is 15.2 Å². The number of nitrogens with two attached hydrogens (primary N) is 1. The van der Waals surface area contributed by atoms with Crippen LogP contribution in [0.1, 0.15) is 43.7 Å². The van der Waals surface area contributed by atoms with E-state index in [9.17, 15) is 0 Å². The lowest BCUT2D eigenvalue weighted by atomic mass is 9.94. The summed E-state index contributed by atoms with van der Waals surface area (Å²) in [6.07, 6.45) is 6.34. The highest BCUT2D eigenvalue weighted by molar-refractivity contribution is 5.89. The zero-order chi connectivity index (χ0) is 15.3. The highest BCUT2D eigenvalue weighted by Crippen LogP contribution is 2.47. The van der Waals surface area contributed by atoms with Crippen molar-refractivity contribution < 1.29 is 0 Å². The molecule has 0 atom stereocenters. The molecule has 1 aliphatic carbocycles. The van der Waals surface area contributed by atoms with E-state index in [4.69, 9.17) is 5.73 Å². The van der Waals surface area contributed by atoms with Gasteiger partial charge in [-0.1, -0.05) is 12.1 Å². The minimum atomic E-state index is -0.362. The van der Waals surface area contributed by atoms with Crippen LogP contribution >= 0.6 is 0 Å². The molecule has 3 aromatic rings. The van der Waals surface area contributed by atoms with Crippen LogP contribution in [0.2, 0.25) is 0 Å². The van der Waals surface area contributed by atoms with Gasteiger partial charge in [0.15, 0.2) is 0 Å². The number of aromatic amines is 1. The smallest absolute Gasteiger partial charge is 0.0705 e. The molecule has 1 fully saturated rings. The number of pyridine rings is 1. The Balaban J connectivity index is 1.85. The van der Waals surface area contributed by atoms with E-state index < -0.39 is 0 Å². The van der Waals surface area contributed by atoms with E-state index >= 15 is 0 Å². The Kier molecular flexibility index (Phi) is 2.84. The molecule has 0 saturated heterocycles. The summed E-state index contributed by atoms with van der Waals surface area (Å²) >= 11 is 0. The molecule has 0 spiro atoms. The minimum Gasteiger partial charge on any atom is -0.322 e. The molecule has 112 valence electrons. The number of fused-ring (bicyclic) bond motifs is 1. The molecule has 0 amide bonds. The first-order valence-electron chi connectivity index (χ1n) is 7.76. The lowest BCUT2D eigenvalue weighted by Gasteiger charge is -2.19. The lowest BCUT2D eigenvalue weighted by Crippen LogP contribution is -2.28. The predicted octanol–water partition coefficient (Wildman–Crippen LogP) is 3.70. The van der Waals surface area contributed by atoms with Crippen molar-refractivity contribution in [2.45, 2.75) is 38.1 Å². The summed E-state index contributed by atoms with van der Waals surface area (Å²) in [6, 6.07) is 8.41. The van der Waals surface area contributed by atoms with Gasteiger partial charge in [-0.05, 0) is 55.9 Å². The molecule has 1 saturated carbocycles. The van der Waals surface area contributed by atoms with Gasteiger partial charge in [-0.25, -0.2) is 0 Å². The zero-order valence-corrected chi connectivity index (χ0v) is 12.9. The number of hydrogen-bond acceptors (Lipinski definition) is 3. The van der Waals surface area contributed by atoms with Crippen LogP contribution in [0.15, 0.2) is 36.7 Å². The average Bonchev–Trinajstić information content (AvgIpc) is 3.22. The van der Waals surface area contributed by atoms with Gasteiger partial charge < -0.3 is 5.73 Å². The number of nitrogens with zero attached hydrogens (tertiary/aromatic N) is 2. The van der Waals surface area contributed by atoms with Crippen LogP contribution in [0.3, 0.4) is 0 Å². The predicted molar refractivity (Wildman–Crippen MR) is 88.5 cm³/mol. The first-order valence-corrected chi connectivity index (χ1v) is 7.76. The molecule has 0 unspecified atom stereocenters. The molecule has 2 aromatic heterocycles. The molecular weight excluding hydrogens is 272 g/mol. The third-order valence-corrected chi connectivity index (χ3v) is 4.43. The third-order valence-electron chi connectivity index (χ3n) is 4.43. The Labute approximate surface area is 129 Å². The van der Waals surface area contributed by atoms with Gasteiger partial charge in [0.1, 0.15) is 0 Å². The quantitative estimate of drug-likeness (QED) is 0.773. The normalized spacial score (nSPS) is 15.4. The van der Waals surface area contributed by atoms with Crippen LogP contribution in [0.4, 0.5) is 0 Å². The zero-order valence-electron chi connectivity index (χ0n) is 12.9. The van der Waals surface area contributed by atoms with E-state index in [-0.39, 0.29) is 5.54 Å². The number of nitrogens with one attached hydrogen (secondary N) is 1. The Morgan fingerprint density at radius 3 is 2.59 bits per heavy atom. The van der Waals surface area contributed by atoms with Crippen LogP contribution < -0.4 is 5.73 Å². The molecule has 4 heteroatoms. The Hall–Kier alpha value is -2.20. The van der Waals surface area contributed by atoms with Gasteiger partial charge in [0.2, 0.25) is 0 Å². The Morgan fingerprint density at radius 1 is 1.14 bits per heavy atom. The van der Waals surface area contributed by atoms with Gasteiger partial charge >= 0.3 is 0 Å². The largest absolute Gasteiger partial charge is 0.322 e. The van der Waals surface area contributed by atoms with Crippen LogP contribution in [-0.2, 0) is 5.54 Å². The molecule has 4 rings (SSSR count). The maximum absolute atomic E-state index is 6.14. The van der Waals surface area contributed by atoms with Crippen molar-refractivity contribution in [3.8, 4) is 11.3 Å². The van der Waals surface area contributed by atoms with Gasteiger partial charge in [0.05, 0.1) is 17.4 Å². The number of aromatic nitrogens is 3. The average molecular weight is 292 g/mol. The molecule has 2 heterocycles. The van der Waals surface area contributed by atoms with Gasteiger partial charge in [-0.15, -0.1) is 0 Å². The van der Waals surface area contributed by atoms with E-state index in [1.54, 1.807) is 0 Å². The number of benzene rings is 1. The SMILES string of the molecule is CC(C)(N)c1ccc(-c2ccc3[nH]ncc3c2C2CC2)nc1. The molecule has 1 aromatic carbocycles. The molecular formula is C18H20N4. The standard InChI is InChI=1S/C18H20N4/c1-18(2,19)12-5-7-15(20-9-12)13-6-8-16-14(10-21-22-16)17(13)11-3-4-11/h5-11H,3-4,19H2,1-2H3,(H,21,22). The number of hydrogen-bond donors (Lipinski definition) is 2. The summed E-state index contributed by atoms with van der Waals surface area (Å²) in [4.78, 5) is 4.67. The Bertz CT molecular complexity index is 820. The van der Waals surface area contributed by atoms with Crippen molar-refractivity contribution in [3.05, 3.63) is 47.8 Å². The van der Waals surface area contributed by atoms with E-state index in [1.165, 1.54) is 29.4 Å². The first kappa shape index (κ1) is 13.5. The molecule has 0 aliphatic heterocycles. The van der Waals surface area contributed by atoms with E-state index in [2.05, 4.69) is 39.4 Å². The highest BCUT2D eigenvalue weighted by Gasteiger charge is 2.29. The number of H-pyrrole nitrogens is 1. The molecule has 0 radical (unpaired) electrons. The molecule has 0 bridgehead atoms. The van der Waals surface area contributed by atoms with E-state index in [1.807, 2.05) is 26.2 Å². The monoisotopic (exact) mass is 292 g/mol. The maximum Gasteiger partial charge on any atom is 0.0705 e. The van der Waals surface area contributed by atoms with Crippen LogP contribution in [0.5, 0.6) is 0 Å². The third kappa shape index (κ3) is 2.20. The lowest BCUT2D eigenvalue weighted by molar-refractivity contribution is 0.552. The van der Waals surface area contributed by atoms with Crippen molar-refractivity contribution in [3.63, 3.8) is 0 Å².